The van der Waals surface area contributed by atoms with Gasteiger partial charge in [0.1, 0.15) is 5.41 Å². The Bertz CT molecular complexity index is 320. The van der Waals surface area contributed by atoms with E-state index in [1.165, 1.54) is 12.8 Å². The molecule has 0 bridgehead atoms. The molecule has 2 amide bonds. The minimum Gasteiger partial charge on any atom is -0.383 e. The van der Waals surface area contributed by atoms with E-state index < -0.39 is 5.41 Å². The molecule has 0 atom stereocenters. The Kier molecular flexibility index (Phi) is 4.22. The van der Waals surface area contributed by atoms with Crippen LogP contribution in [0.2, 0.25) is 0 Å². The molecular weight excluding hydrogens is 232 g/mol. The molecule has 2 saturated carbocycles. The van der Waals surface area contributed by atoms with Crippen molar-refractivity contribution in [2.75, 3.05) is 20.3 Å². The molecule has 0 spiro atoms. The molecule has 0 radical (unpaired) electrons. The van der Waals surface area contributed by atoms with Gasteiger partial charge in [-0.1, -0.05) is 12.8 Å². The van der Waals surface area contributed by atoms with Crippen molar-refractivity contribution in [2.45, 2.75) is 44.6 Å². The van der Waals surface area contributed by atoms with Crippen molar-refractivity contribution in [1.29, 1.82) is 0 Å². The Balaban J connectivity index is 1.81. The molecule has 2 fully saturated rings. The second-order valence-corrected chi connectivity index (χ2v) is 5.29. The maximum atomic E-state index is 12.2. The van der Waals surface area contributed by atoms with E-state index in [-0.39, 0.29) is 17.9 Å². The molecule has 0 aromatic heterocycles. The fourth-order valence-electron chi connectivity index (χ4n) is 2.51. The lowest BCUT2D eigenvalue weighted by Gasteiger charge is -2.18. The lowest BCUT2D eigenvalue weighted by atomic mass is 10.0. The summed E-state index contributed by atoms with van der Waals surface area (Å²) in [7, 11) is 1.59. The maximum Gasteiger partial charge on any atom is 0.235 e. The Morgan fingerprint density at radius 3 is 2.44 bits per heavy atom. The van der Waals surface area contributed by atoms with E-state index in [2.05, 4.69) is 10.6 Å². The molecule has 2 aliphatic rings. The number of amides is 2. The Morgan fingerprint density at radius 2 is 1.89 bits per heavy atom. The Hall–Kier alpha value is -1.10. The smallest absolute Gasteiger partial charge is 0.235 e. The first-order chi connectivity index (χ1) is 8.69. The minimum absolute atomic E-state index is 0.0793. The van der Waals surface area contributed by atoms with Crippen LogP contribution in [0, 0.1) is 5.41 Å². The maximum absolute atomic E-state index is 12.2. The summed E-state index contributed by atoms with van der Waals surface area (Å²) in [6, 6.07) is 0.279. The van der Waals surface area contributed by atoms with E-state index in [0.717, 1.165) is 12.8 Å². The summed E-state index contributed by atoms with van der Waals surface area (Å²) in [5, 5.41) is 5.79. The molecule has 0 saturated heterocycles. The summed E-state index contributed by atoms with van der Waals surface area (Å²) in [5.41, 5.74) is -0.781. The summed E-state index contributed by atoms with van der Waals surface area (Å²) < 4.78 is 4.88. The number of carbonyl (C=O) groups is 2. The van der Waals surface area contributed by atoms with Crippen LogP contribution in [0.25, 0.3) is 0 Å². The predicted octanol–water partition coefficient (Wildman–Crippen LogP) is 0.588. The minimum atomic E-state index is -0.781. The van der Waals surface area contributed by atoms with Crippen LogP contribution in [0.3, 0.4) is 0 Å². The summed E-state index contributed by atoms with van der Waals surface area (Å²) >= 11 is 0. The van der Waals surface area contributed by atoms with Gasteiger partial charge in [-0.3, -0.25) is 9.59 Å². The molecule has 0 unspecified atom stereocenters. The number of carbonyl (C=O) groups excluding carboxylic acids is 2. The summed E-state index contributed by atoms with van der Waals surface area (Å²) in [4.78, 5) is 24.1. The van der Waals surface area contributed by atoms with Gasteiger partial charge in [0.05, 0.1) is 6.61 Å². The molecule has 0 aromatic carbocycles. The third-order valence-electron chi connectivity index (χ3n) is 3.90. The van der Waals surface area contributed by atoms with Crippen molar-refractivity contribution in [3.05, 3.63) is 0 Å². The molecule has 0 aliphatic heterocycles. The van der Waals surface area contributed by atoms with Gasteiger partial charge in [-0.2, -0.15) is 0 Å². The number of nitrogens with one attached hydrogen (secondary N) is 2. The highest BCUT2D eigenvalue weighted by Crippen LogP contribution is 2.46. The van der Waals surface area contributed by atoms with Gasteiger partial charge in [0.15, 0.2) is 0 Å². The summed E-state index contributed by atoms with van der Waals surface area (Å²) in [6.07, 6.45) is 5.80. The van der Waals surface area contributed by atoms with E-state index in [0.29, 0.717) is 26.0 Å². The number of hydrogen-bond donors (Lipinski definition) is 2. The van der Waals surface area contributed by atoms with Crippen molar-refractivity contribution in [1.82, 2.24) is 10.6 Å². The predicted molar refractivity (Wildman–Crippen MR) is 67.0 cm³/mol. The van der Waals surface area contributed by atoms with Crippen molar-refractivity contribution in [3.63, 3.8) is 0 Å². The molecule has 2 rings (SSSR count). The van der Waals surface area contributed by atoms with Gasteiger partial charge in [0.25, 0.3) is 0 Å². The largest absolute Gasteiger partial charge is 0.383 e. The highest BCUT2D eigenvalue weighted by Gasteiger charge is 2.56. The number of ether oxygens (including phenoxy) is 1. The molecule has 0 heterocycles. The highest BCUT2D eigenvalue weighted by atomic mass is 16.5. The topological polar surface area (TPSA) is 67.4 Å². The molecule has 2 aliphatic carbocycles. The van der Waals surface area contributed by atoms with Crippen LogP contribution in [0.5, 0.6) is 0 Å². The molecule has 5 heteroatoms. The van der Waals surface area contributed by atoms with E-state index in [1.54, 1.807) is 7.11 Å². The molecule has 18 heavy (non-hydrogen) atoms. The molecule has 5 nitrogen and oxygen atoms in total. The van der Waals surface area contributed by atoms with Crippen molar-refractivity contribution in [2.24, 2.45) is 5.41 Å². The molecule has 102 valence electrons. The quantitative estimate of drug-likeness (QED) is 0.538. The van der Waals surface area contributed by atoms with Crippen molar-refractivity contribution >= 4 is 11.8 Å². The molecular formula is C13H22N2O3. The van der Waals surface area contributed by atoms with Crippen LogP contribution in [0.4, 0.5) is 0 Å². The first-order valence-corrected chi connectivity index (χ1v) is 6.77. The second-order valence-electron chi connectivity index (χ2n) is 5.29. The fourth-order valence-corrected chi connectivity index (χ4v) is 2.51. The van der Waals surface area contributed by atoms with Gasteiger partial charge in [-0.25, -0.2) is 0 Å². The monoisotopic (exact) mass is 254 g/mol. The van der Waals surface area contributed by atoms with Crippen LogP contribution < -0.4 is 10.6 Å². The third-order valence-corrected chi connectivity index (χ3v) is 3.90. The zero-order valence-electron chi connectivity index (χ0n) is 11.0. The van der Waals surface area contributed by atoms with Gasteiger partial charge in [-0.15, -0.1) is 0 Å². The van der Waals surface area contributed by atoms with Crippen LogP contribution in [0.1, 0.15) is 38.5 Å². The number of rotatable bonds is 6. The van der Waals surface area contributed by atoms with Gasteiger partial charge >= 0.3 is 0 Å². The second kappa shape index (κ2) is 5.69. The normalized spacial score (nSPS) is 21.6. The van der Waals surface area contributed by atoms with Crippen LogP contribution in [0.15, 0.2) is 0 Å². The average Bonchev–Trinajstić information content (AvgIpc) is 3.03. The number of hydrogen-bond acceptors (Lipinski definition) is 3. The van der Waals surface area contributed by atoms with Crippen molar-refractivity contribution < 1.29 is 14.3 Å². The molecule has 0 aromatic rings. The van der Waals surface area contributed by atoms with Gasteiger partial charge in [0.2, 0.25) is 11.8 Å². The molecule has 2 N–H and O–H groups in total. The first kappa shape index (κ1) is 13.3. The zero-order chi connectivity index (χ0) is 13.0. The van der Waals surface area contributed by atoms with E-state index in [4.69, 9.17) is 4.74 Å². The summed E-state index contributed by atoms with van der Waals surface area (Å²) in [6.45, 7) is 0.944. The highest BCUT2D eigenvalue weighted by molar-refractivity contribution is 6.07. The van der Waals surface area contributed by atoms with E-state index in [1.807, 2.05) is 0 Å². The van der Waals surface area contributed by atoms with Gasteiger partial charge in [-0.05, 0) is 25.7 Å². The van der Waals surface area contributed by atoms with Crippen molar-refractivity contribution in [3.8, 4) is 0 Å². The van der Waals surface area contributed by atoms with Gasteiger partial charge in [0, 0.05) is 19.7 Å². The zero-order valence-corrected chi connectivity index (χ0v) is 11.0. The standard InChI is InChI=1S/C13H22N2O3/c1-18-9-8-14-11(16)13(6-7-13)12(17)15-10-4-2-3-5-10/h10H,2-9H2,1H3,(H,14,16)(H,15,17). The Labute approximate surface area is 108 Å². The average molecular weight is 254 g/mol. The van der Waals surface area contributed by atoms with Crippen LogP contribution in [-0.4, -0.2) is 38.1 Å². The lowest BCUT2D eigenvalue weighted by Crippen LogP contribution is -2.46. The Morgan fingerprint density at radius 1 is 1.22 bits per heavy atom. The number of methoxy groups -OCH3 is 1. The summed E-state index contributed by atoms with van der Waals surface area (Å²) in [5.74, 6) is -0.223. The van der Waals surface area contributed by atoms with Crippen LogP contribution in [-0.2, 0) is 14.3 Å². The lowest BCUT2D eigenvalue weighted by molar-refractivity contribution is -0.137. The SMILES string of the molecule is COCCNC(=O)C1(C(=O)NC2CCCC2)CC1. The van der Waals surface area contributed by atoms with E-state index >= 15 is 0 Å². The van der Waals surface area contributed by atoms with Gasteiger partial charge < -0.3 is 15.4 Å². The first-order valence-electron chi connectivity index (χ1n) is 6.77. The van der Waals surface area contributed by atoms with E-state index in [9.17, 15) is 9.59 Å². The third kappa shape index (κ3) is 2.83. The fraction of sp³-hybridized carbons (Fsp3) is 0.846. The van der Waals surface area contributed by atoms with Crippen LogP contribution >= 0.6 is 0 Å².